The summed E-state index contributed by atoms with van der Waals surface area (Å²) in [5.41, 5.74) is 0. The Labute approximate surface area is 106 Å². The molecule has 0 spiro atoms. The molecule has 4 heteroatoms. The summed E-state index contributed by atoms with van der Waals surface area (Å²) in [5, 5.41) is 0.794. The summed E-state index contributed by atoms with van der Waals surface area (Å²) in [5.74, 6) is 0. The molecule has 1 fully saturated rings. The summed E-state index contributed by atoms with van der Waals surface area (Å²) in [7, 11) is 2.80. The lowest BCUT2D eigenvalue weighted by Crippen LogP contribution is -2.27. The van der Waals surface area contributed by atoms with Gasteiger partial charge in [0.25, 0.3) is 0 Å². The average Bonchev–Trinajstić information content (AvgIpc) is 2.25. The van der Waals surface area contributed by atoms with Crippen molar-refractivity contribution in [2.45, 2.75) is 23.0 Å². The van der Waals surface area contributed by atoms with Crippen LogP contribution in [0.3, 0.4) is 0 Å². The molecule has 0 amide bonds. The highest BCUT2D eigenvalue weighted by atomic mass is 79.9. The first-order valence-corrected chi connectivity index (χ1v) is 7.35. The molecule has 1 aliphatic heterocycles. The van der Waals surface area contributed by atoms with Gasteiger partial charge in [-0.1, -0.05) is 25.3 Å². The summed E-state index contributed by atoms with van der Waals surface area (Å²) in [6, 6.07) is 8.63. The van der Waals surface area contributed by atoms with Gasteiger partial charge in [0.15, 0.2) is 0 Å². The Morgan fingerprint density at radius 1 is 1.20 bits per heavy atom. The molecule has 1 aromatic rings. The lowest BCUT2D eigenvalue weighted by atomic mass is 10.2. The zero-order valence-electron chi connectivity index (χ0n) is 8.53. The third-order valence-corrected chi connectivity index (χ3v) is 4.99. The van der Waals surface area contributed by atoms with E-state index in [4.69, 9.17) is 0 Å². The Hall–Kier alpha value is 0.440. The molecule has 0 radical (unpaired) electrons. The first kappa shape index (κ1) is 11.9. The fourth-order valence-corrected chi connectivity index (χ4v) is 3.39. The molecule has 0 aromatic heterocycles. The molecule has 15 heavy (non-hydrogen) atoms. The van der Waals surface area contributed by atoms with Crippen LogP contribution in [0.1, 0.15) is 12.8 Å². The van der Waals surface area contributed by atoms with Crippen LogP contribution < -0.4 is 0 Å². The van der Waals surface area contributed by atoms with Gasteiger partial charge in [-0.25, -0.2) is 0 Å². The maximum atomic E-state index is 3.46. The first-order valence-electron chi connectivity index (χ1n) is 5.16. The number of benzene rings is 1. The SMILES string of the molecule is PN1CCC(Sc2ccc(Br)cc2)CC1. The number of nitrogens with zero attached hydrogens (tertiary/aromatic N) is 1. The van der Waals surface area contributed by atoms with Gasteiger partial charge in [-0.3, -0.25) is 4.67 Å². The minimum Gasteiger partial charge on any atom is -0.287 e. The molecule has 0 N–H and O–H groups in total. The lowest BCUT2D eigenvalue weighted by Gasteiger charge is -2.28. The van der Waals surface area contributed by atoms with Crippen molar-refractivity contribution in [1.29, 1.82) is 0 Å². The Morgan fingerprint density at radius 2 is 1.80 bits per heavy atom. The molecule has 2 rings (SSSR count). The summed E-state index contributed by atoms with van der Waals surface area (Å²) in [6.45, 7) is 2.41. The quantitative estimate of drug-likeness (QED) is 0.765. The molecule has 1 atom stereocenters. The number of halogens is 1. The fraction of sp³-hybridized carbons (Fsp3) is 0.455. The van der Waals surface area contributed by atoms with Crippen LogP contribution in [0, 0.1) is 0 Å². The van der Waals surface area contributed by atoms with Gasteiger partial charge in [0.2, 0.25) is 0 Å². The number of hydrogen-bond donors (Lipinski definition) is 0. The van der Waals surface area contributed by atoms with Gasteiger partial charge in [0.05, 0.1) is 0 Å². The lowest BCUT2D eigenvalue weighted by molar-refractivity contribution is 0.387. The first-order chi connectivity index (χ1) is 7.24. The van der Waals surface area contributed by atoms with Crippen molar-refractivity contribution in [2.24, 2.45) is 0 Å². The van der Waals surface area contributed by atoms with E-state index < -0.39 is 0 Å². The summed E-state index contributed by atoms with van der Waals surface area (Å²) in [4.78, 5) is 1.39. The monoisotopic (exact) mass is 303 g/mol. The van der Waals surface area contributed by atoms with Crippen molar-refractivity contribution in [3.8, 4) is 0 Å². The molecule has 1 saturated heterocycles. The summed E-state index contributed by atoms with van der Waals surface area (Å²) in [6.07, 6.45) is 2.59. The maximum absolute atomic E-state index is 3.46. The zero-order chi connectivity index (χ0) is 10.7. The molecule has 1 aliphatic rings. The van der Waals surface area contributed by atoms with Crippen molar-refractivity contribution >= 4 is 37.1 Å². The van der Waals surface area contributed by atoms with Crippen LogP contribution in [0.25, 0.3) is 0 Å². The fourth-order valence-electron chi connectivity index (χ4n) is 1.70. The standard InChI is InChI=1S/C11H15BrNPS/c12-9-1-3-10(4-2-9)15-11-5-7-13(14)8-6-11/h1-4,11H,5-8,14H2. The van der Waals surface area contributed by atoms with E-state index in [2.05, 4.69) is 54.3 Å². The van der Waals surface area contributed by atoms with E-state index in [9.17, 15) is 0 Å². The highest BCUT2D eigenvalue weighted by molar-refractivity contribution is 9.10. The predicted octanol–water partition coefficient (Wildman–Crippen LogP) is 3.80. The predicted molar refractivity (Wildman–Crippen MR) is 74.3 cm³/mol. The van der Waals surface area contributed by atoms with Gasteiger partial charge < -0.3 is 0 Å². The van der Waals surface area contributed by atoms with Crippen molar-refractivity contribution in [1.82, 2.24) is 4.67 Å². The largest absolute Gasteiger partial charge is 0.287 e. The van der Waals surface area contributed by atoms with Crippen LogP contribution in [0.2, 0.25) is 0 Å². The third-order valence-electron chi connectivity index (χ3n) is 2.59. The van der Waals surface area contributed by atoms with Gasteiger partial charge in [0.1, 0.15) is 0 Å². The molecule has 0 aliphatic carbocycles. The molecule has 82 valence electrons. The molecule has 0 saturated carbocycles. The van der Waals surface area contributed by atoms with E-state index >= 15 is 0 Å². The van der Waals surface area contributed by atoms with Crippen molar-refractivity contribution in [3.63, 3.8) is 0 Å². The van der Waals surface area contributed by atoms with Crippen molar-refractivity contribution < 1.29 is 0 Å². The molecule has 1 nitrogen and oxygen atoms in total. The second-order valence-corrected chi connectivity index (χ2v) is 6.83. The number of piperidine rings is 1. The van der Waals surface area contributed by atoms with Gasteiger partial charge in [-0.05, 0) is 37.1 Å². The Bertz CT molecular complexity index is 309. The molecule has 1 aromatic carbocycles. The van der Waals surface area contributed by atoms with Gasteiger partial charge in [-0.2, -0.15) is 0 Å². The Morgan fingerprint density at radius 3 is 2.40 bits per heavy atom. The third kappa shape index (κ3) is 3.74. The second-order valence-electron chi connectivity index (χ2n) is 3.81. The molecule has 0 bridgehead atoms. The Kier molecular flexibility index (Phi) is 4.51. The normalized spacial score (nSPS) is 19.3. The van der Waals surface area contributed by atoms with Crippen molar-refractivity contribution in [2.75, 3.05) is 13.1 Å². The van der Waals surface area contributed by atoms with Crippen LogP contribution in [0.5, 0.6) is 0 Å². The maximum Gasteiger partial charge on any atom is 0.0176 e. The number of hydrogen-bond acceptors (Lipinski definition) is 2. The highest BCUT2D eigenvalue weighted by Crippen LogP contribution is 2.31. The van der Waals surface area contributed by atoms with Crippen LogP contribution in [0.4, 0.5) is 0 Å². The minimum absolute atomic E-state index is 0.794. The molecular formula is C11H15BrNPS. The van der Waals surface area contributed by atoms with E-state index in [1.54, 1.807) is 0 Å². The smallest absolute Gasteiger partial charge is 0.0176 e. The van der Waals surface area contributed by atoms with E-state index in [1.165, 1.54) is 30.8 Å². The van der Waals surface area contributed by atoms with Crippen LogP contribution in [-0.4, -0.2) is 23.0 Å². The van der Waals surface area contributed by atoms with Crippen LogP contribution in [0.15, 0.2) is 33.6 Å². The van der Waals surface area contributed by atoms with E-state index in [-0.39, 0.29) is 0 Å². The average molecular weight is 304 g/mol. The van der Waals surface area contributed by atoms with Crippen LogP contribution in [-0.2, 0) is 0 Å². The van der Waals surface area contributed by atoms with Crippen LogP contribution >= 0.6 is 37.1 Å². The molecule has 1 unspecified atom stereocenters. The Balaban J connectivity index is 1.89. The number of thioether (sulfide) groups is 1. The zero-order valence-corrected chi connectivity index (χ0v) is 12.1. The van der Waals surface area contributed by atoms with Gasteiger partial charge in [0, 0.05) is 27.7 Å². The van der Waals surface area contributed by atoms with Gasteiger partial charge in [-0.15, -0.1) is 11.8 Å². The highest BCUT2D eigenvalue weighted by Gasteiger charge is 2.17. The van der Waals surface area contributed by atoms with E-state index in [0.717, 1.165) is 9.72 Å². The topological polar surface area (TPSA) is 3.24 Å². The number of rotatable bonds is 2. The molecule has 1 heterocycles. The molecular weight excluding hydrogens is 289 g/mol. The van der Waals surface area contributed by atoms with Crippen molar-refractivity contribution in [3.05, 3.63) is 28.7 Å². The van der Waals surface area contributed by atoms with E-state index in [0.29, 0.717) is 0 Å². The second kappa shape index (κ2) is 5.67. The minimum atomic E-state index is 0.794. The van der Waals surface area contributed by atoms with Gasteiger partial charge >= 0.3 is 0 Å². The van der Waals surface area contributed by atoms with E-state index in [1.807, 2.05) is 11.8 Å². The summed E-state index contributed by atoms with van der Waals surface area (Å²) >= 11 is 5.48. The summed E-state index contributed by atoms with van der Waals surface area (Å²) < 4.78 is 3.49.